The van der Waals surface area contributed by atoms with E-state index in [1.54, 1.807) is 0 Å². The van der Waals surface area contributed by atoms with Gasteiger partial charge < -0.3 is 26.2 Å². The first-order valence-electron chi connectivity index (χ1n) is 11.4. The van der Waals surface area contributed by atoms with Crippen LogP contribution in [0.3, 0.4) is 0 Å². The summed E-state index contributed by atoms with van der Waals surface area (Å²) >= 11 is 0. The number of amides is 2. The normalized spacial score (nSPS) is 16.5. The van der Waals surface area contributed by atoms with Gasteiger partial charge in [-0.1, -0.05) is 36.9 Å². The van der Waals surface area contributed by atoms with E-state index in [1.165, 1.54) is 6.08 Å². The lowest BCUT2D eigenvalue weighted by molar-refractivity contribution is -0.120. The van der Waals surface area contributed by atoms with Crippen molar-refractivity contribution in [3.05, 3.63) is 84.9 Å². The third-order valence-electron chi connectivity index (χ3n) is 5.94. The molecule has 2 aliphatic rings. The molecule has 0 aromatic heterocycles. The summed E-state index contributed by atoms with van der Waals surface area (Å²) in [5.41, 5.74) is 6.56. The fraction of sp³-hybridized carbons (Fsp3) is 0.148. The van der Waals surface area contributed by atoms with Crippen LogP contribution in [0.2, 0.25) is 0 Å². The van der Waals surface area contributed by atoms with E-state index in [4.69, 9.17) is 0 Å². The maximum absolute atomic E-state index is 11.7. The highest BCUT2D eigenvalue weighted by Gasteiger charge is 2.19. The van der Waals surface area contributed by atoms with E-state index >= 15 is 0 Å². The Morgan fingerprint density at radius 3 is 2.71 bits per heavy atom. The zero-order chi connectivity index (χ0) is 24.2. The van der Waals surface area contributed by atoms with Crippen molar-refractivity contribution < 1.29 is 9.59 Å². The molecule has 1 atom stereocenters. The van der Waals surface area contributed by atoms with Gasteiger partial charge in [-0.3, -0.25) is 9.59 Å². The average molecular weight is 467 g/mol. The van der Waals surface area contributed by atoms with Crippen molar-refractivity contribution in [3.8, 4) is 11.1 Å². The van der Waals surface area contributed by atoms with Crippen LogP contribution in [-0.2, 0) is 9.59 Å². The van der Waals surface area contributed by atoms with Gasteiger partial charge >= 0.3 is 0 Å². The number of fused-ring (bicyclic) bond motifs is 1. The van der Waals surface area contributed by atoms with Gasteiger partial charge in [-0.05, 0) is 48.0 Å². The summed E-state index contributed by atoms with van der Waals surface area (Å²) in [5.74, 6) is -0.205. The fourth-order valence-corrected chi connectivity index (χ4v) is 4.22. The SMILES string of the molecule is C=CC(=O)Nc1cccc(-c2cccc3c2NC(Nc2ccc(N4CCNC(=O)C4)cc2)N=C3)c1. The first-order chi connectivity index (χ1) is 17.1. The molecule has 0 saturated carbocycles. The molecule has 176 valence electrons. The Morgan fingerprint density at radius 2 is 1.91 bits per heavy atom. The standard InChI is InChI=1S/C27H26N6O2/c1-2-24(34)30-21-7-3-5-18(15-21)23-8-4-6-19-16-29-27(32-26(19)23)31-20-9-11-22(12-10-20)33-14-13-28-25(35)17-33/h2-12,15-16,27,31-32H,1,13-14,17H2,(H,28,35)(H,30,34). The number of aliphatic imine (C=N–C) groups is 1. The second-order valence-electron chi connectivity index (χ2n) is 8.33. The molecule has 2 amide bonds. The second kappa shape index (κ2) is 9.72. The third-order valence-corrected chi connectivity index (χ3v) is 5.94. The van der Waals surface area contributed by atoms with Gasteiger partial charge in [0.05, 0.1) is 12.2 Å². The van der Waals surface area contributed by atoms with E-state index in [2.05, 4.69) is 37.7 Å². The molecule has 0 spiro atoms. The van der Waals surface area contributed by atoms with E-state index in [1.807, 2.05) is 72.9 Å². The van der Waals surface area contributed by atoms with Crippen molar-refractivity contribution in [3.63, 3.8) is 0 Å². The van der Waals surface area contributed by atoms with Gasteiger partial charge in [0.15, 0.2) is 6.29 Å². The van der Waals surface area contributed by atoms with Crippen LogP contribution in [0.15, 0.2) is 84.4 Å². The highest BCUT2D eigenvalue weighted by Crippen LogP contribution is 2.34. The van der Waals surface area contributed by atoms with Crippen LogP contribution in [0.4, 0.5) is 22.7 Å². The Hall–Kier alpha value is -4.59. The molecule has 0 radical (unpaired) electrons. The summed E-state index contributed by atoms with van der Waals surface area (Å²) in [6.07, 6.45) is 2.76. The number of nitrogens with zero attached hydrogens (tertiary/aromatic N) is 2. The average Bonchev–Trinajstić information content (AvgIpc) is 2.89. The van der Waals surface area contributed by atoms with Crippen molar-refractivity contribution in [2.45, 2.75) is 6.29 Å². The summed E-state index contributed by atoms with van der Waals surface area (Å²) in [7, 11) is 0. The number of anilines is 4. The minimum Gasteiger partial charge on any atom is -0.360 e. The molecule has 4 N–H and O–H groups in total. The highest BCUT2D eigenvalue weighted by molar-refractivity contribution is 6.00. The van der Waals surface area contributed by atoms with Gasteiger partial charge in [0.2, 0.25) is 11.8 Å². The Balaban J connectivity index is 1.32. The number of nitrogens with one attached hydrogen (secondary N) is 4. The molecule has 35 heavy (non-hydrogen) atoms. The number of hydrogen-bond acceptors (Lipinski definition) is 6. The number of carbonyl (C=O) groups is 2. The van der Waals surface area contributed by atoms with E-state index < -0.39 is 0 Å². The maximum Gasteiger partial charge on any atom is 0.247 e. The molecule has 1 fully saturated rings. The minimum absolute atomic E-state index is 0.0438. The molecule has 5 rings (SSSR count). The summed E-state index contributed by atoms with van der Waals surface area (Å²) in [4.78, 5) is 30.1. The summed E-state index contributed by atoms with van der Waals surface area (Å²) in [6.45, 7) is 5.34. The van der Waals surface area contributed by atoms with Crippen LogP contribution in [-0.4, -0.2) is 44.0 Å². The zero-order valence-electron chi connectivity index (χ0n) is 19.1. The molecule has 3 aromatic carbocycles. The molecule has 2 heterocycles. The molecule has 8 nitrogen and oxygen atoms in total. The first-order valence-corrected chi connectivity index (χ1v) is 11.4. The van der Waals surface area contributed by atoms with Gasteiger partial charge in [-0.25, -0.2) is 4.99 Å². The molecule has 1 unspecified atom stereocenters. The molecule has 0 aliphatic carbocycles. The molecule has 3 aromatic rings. The van der Waals surface area contributed by atoms with Crippen LogP contribution in [0, 0.1) is 0 Å². The van der Waals surface area contributed by atoms with Crippen LogP contribution < -0.4 is 26.2 Å². The van der Waals surface area contributed by atoms with Crippen molar-refractivity contribution in [1.82, 2.24) is 5.32 Å². The van der Waals surface area contributed by atoms with Gasteiger partial charge in [-0.2, -0.15) is 0 Å². The molecule has 1 saturated heterocycles. The van der Waals surface area contributed by atoms with E-state index in [0.717, 1.165) is 40.3 Å². The smallest absolute Gasteiger partial charge is 0.247 e. The van der Waals surface area contributed by atoms with Gasteiger partial charge in [0, 0.05) is 47.5 Å². The summed E-state index contributed by atoms with van der Waals surface area (Å²) in [6, 6.07) is 21.8. The second-order valence-corrected chi connectivity index (χ2v) is 8.33. The van der Waals surface area contributed by atoms with Gasteiger partial charge in [0.1, 0.15) is 0 Å². The monoisotopic (exact) mass is 466 g/mol. The quantitative estimate of drug-likeness (QED) is 0.416. The van der Waals surface area contributed by atoms with Crippen molar-refractivity contribution in [1.29, 1.82) is 0 Å². The zero-order valence-corrected chi connectivity index (χ0v) is 19.1. The van der Waals surface area contributed by atoms with Crippen LogP contribution in [0.25, 0.3) is 11.1 Å². The van der Waals surface area contributed by atoms with Gasteiger partial charge in [0.25, 0.3) is 0 Å². The molecule has 8 heteroatoms. The predicted molar refractivity (Wildman–Crippen MR) is 141 cm³/mol. The Bertz CT molecular complexity index is 1300. The largest absolute Gasteiger partial charge is 0.360 e. The minimum atomic E-state index is -0.348. The van der Waals surface area contributed by atoms with E-state index in [9.17, 15) is 9.59 Å². The first kappa shape index (κ1) is 22.2. The molecular weight excluding hydrogens is 440 g/mol. The number of carbonyl (C=O) groups excluding carboxylic acids is 2. The Kier molecular flexibility index (Phi) is 6.17. The lowest BCUT2D eigenvalue weighted by atomic mass is 9.99. The highest BCUT2D eigenvalue weighted by atomic mass is 16.2. The number of piperazine rings is 1. The summed E-state index contributed by atoms with van der Waals surface area (Å²) in [5, 5.41) is 12.6. The number of benzene rings is 3. The number of hydrogen-bond donors (Lipinski definition) is 4. The molecular formula is C27H26N6O2. The van der Waals surface area contributed by atoms with E-state index in [0.29, 0.717) is 18.8 Å². The van der Waals surface area contributed by atoms with Crippen molar-refractivity contribution >= 4 is 40.8 Å². The van der Waals surface area contributed by atoms with Gasteiger partial charge in [-0.15, -0.1) is 0 Å². The van der Waals surface area contributed by atoms with E-state index in [-0.39, 0.29) is 18.1 Å². The van der Waals surface area contributed by atoms with Crippen molar-refractivity contribution in [2.24, 2.45) is 4.99 Å². The third kappa shape index (κ3) is 5.01. The molecule has 2 aliphatic heterocycles. The number of para-hydroxylation sites is 1. The lowest BCUT2D eigenvalue weighted by Crippen LogP contribution is -2.47. The maximum atomic E-state index is 11.7. The fourth-order valence-electron chi connectivity index (χ4n) is 4.22. The number of rotatable bonds is 6. The van der Waals surface area contributed by atoms with Crippen LogP contribution in [0.1, 0.15) is 5.56 Å². The Labute approximate surface area is 203 Å². The summed E-state index contributed by atoms with van der Waals surface area (Å²) < 4.78 is 0. The molecule has 0 bridgehead atoms. The topological polar surface area (TPSA) is 97.9 Å². The van der Waals surface area contributed by atoms with Crippen LogP contribution in [0.5, 0.6) is 0 Å². The predicted octanol–water partition coefficient (Wildman–Crippen LogP) is 3.65. The van der Waals surface area contributed by atoms with Crippen molar-refractivity contribution in [2.75, 3.05) is 40.5 Å². The van der Waals surface area contributed by atoms with Crippen LogP contribution >= 0.6 is 0 Å². The lowest BCUT2D eigenvalue weighted by Gasteiger charge is -2.29. The Morgan fingerprint density at radius 1 is 1.09 bits per heavy atom.